The van der Waals surface area contributed by atoms with Crippen molar-refractivity contribution in [2.45, 2.75) is 13.3 Å². The third-order valence-electron chi connectivity index (χ3n) is 2.60. The standard InChI is InChI=1S/C11H15N3O/c1-7-11-10(9(15)6-13-7)8(5-14-11)3-4-12-2/h5-6,12,14-15H,3-4H2,1-2H3. The largest absolute Gasteiger partial charge is 0.506 e. The number of aromatic nitrogens is 2. The van der Waals surface area contributed by atoms with Gasteiger partial charge in [-0.2, -0.15) is 0 Å². The Bertz CT molecular complexity index is 476. The molecule has 0 aliphatic rings. The molecule has 2 heterocycles. The Hall–Kier alpha value is -1.55. The van der Waals surface area contributed by atoms with Crippen LogP contribution in [-0.2, 0) is 6.42 Å². The van der Waals surface area contributed by atoms with Gasteiger partial charge < -0.3 is 15.4 Å². The molecule has 0 spiro atoms. The summed E-state index contributed by atoms with van der Waals surface area (Å²) in [5, 5.41) is 13.8. The summed E-state index contributed by atoms with van der Waals surface area (Å²) in [6, 6.07) is 0. The third kappa shape index (κ3) is 1.68. The molecule has 0 aliphatic carbocycles. The van der Waals surface area contributed by atoms with E-state index in [4.69, 9.17) is 0 Å². The lowest BCUT2D eigenvalue weighted by Crippen LogP contribution is -2.09. The van der Waals surface area contributed by atoms with Gasteiger partial charge in [-0.25, -0.2) is 0 Å². The maximum atomic E-state index is 9.76. The highest BCUT2D eigenvalue weighted by molar-refractivity contribution is 5.90. The van der Waals surface area contributed by atoms with Gasteiger partial charge in [0.05, 0.1) is 17.4 Å². The summed E-state index contributed by atoms with van der Waals surface area (Å²) in [5.41, 5.74) is 2.97. The van der Waals surface area contributed by atoms with Crippen LogP contribution in [0.1, 0.15) is 11.3 Å². The molecule has 3 N–H and O–H groups in total. The molecule has 0 radical (unpaired) electrons. The summed E-state index contributed by atoms with van der Waals surface area (Å²) >= 11 is 0. The van der Waals surface area contributed by atoms with E-state index in [2.05, 4.69) is 15.3 Å². The van der Waals surface area contributed by atoms with Crippen molar-refractivity contribution < 1.29 is 5.11 Å². The van der Waals surface area contributed by atoms with Crippen LogP contribution in [0.25, 0.3) is 10.9 Å². The van der Waals surface area contributed by atoms with E-state index in [0.717, 1.165) is 35.1 Å². The lowest BCUT2D eigenvalue weighted by molar-refractivity contribution is 0.478. The number of rotatable bonds is 3. The van der Waals surface area contributed by atoms with E-state index in [0.29, 0.717) is 0 Å². The molecule has 0 aromatic carbocycles. The van der Waals surface area contributed by atoms with E-state index >= 15 is 0 Å². The van der Waals surface area contributed by atoms with Crippen LogP contribution < -0.4 is 5.32 Å². The van der Waals surface area contributed by atoms with Gasteiger partial charge in [0.15, 0.2) is 0 Å². The second-order valence-electron chi connectivity index (χ2n) is 3.65. The monoisotopic (exact) mass is 205 g/mol. The van der Waals surface area contributed by atoms with Crippen LogP contribution in [0.5, 0.6) is 5.75 Å². The molecule has 15 heavy (non-hydrogen) atoms. The molecule has 0 bridgehead atoms. The quantitative estimate of drug-likeness (QED) is 0.708. The normalized spacial score (nSPS) is 11.1. The van der Waals surface area contributed by atoms with Gasteiger partial charge in [0.25, 0.3) is 0 Å². The number of hydrogen-bond acceptors (Lipinski definition) is 3. The Balaban J connectivity index is 2.53. The number of pyridine rings is 1. The summed E-state index contributed by atoms with van der Waals surface area (Å²) in [6.45, 7) is 2.83. The van der Waals surface area contributed by atoms with Crippen molar-refractivity contribution in [2.24, 2.45) is 0 Å². The highest BCUT2D eigenvalue weighted by Crippen LogP contribution is 2.28. The van der Waals surface area contributed by atoms with Gasteiger partial charge in [-0.05, 0) is 32.5 Å². The number of aromatic amines is 1. The van der Waals surface area contributed by atoms with Crippen molar-refractivity contribution in [1.29, 1.82) is 0 Å². The Morgan fingerprint density at radius 2 is 2.33 bits per heavy atom. The van der Waals surface area contributed by atoms with E-state index < -0.39 is 0 Å². The number of nitrogens with one attached hydrogen (secondary N) is 2. The van der Waals surface area contributed by atoms with E-state index in [-0.39, 0.29) is 5.75 Å². The first-order valence-corrected chi connectivity index (χ1v) is 5.03. The fraction of sp³-hybridized carbons (Fsp3) is 0.364. The number of likely N-dealkylation sites (N-methyl/N-ethyl adjacent to an activating group) is 1. The fourth-order valence-corrected chi connectivity index (χ4v) is 1.79. The minimum Gasteiger partial charge on any atom is -0.506 e. The van der Waals surface area contributed by atoms with Crippen LogP contribution in [0.15, 0.2) is 12.4 Å². The summed E-state index contributed by atoms with van der Waals surface area (Å²) in [7, 11) is 1.92. The molecular weight excluding hydrogens is 190 g/mol. The minimum atomic E-state index is 0.253. The maximum Gasteiger partial charge on any atom is 0.143 e. The number of fused-ring (bicyclic) bond motifs is 1. The first-order valence-electron chi connectivity index (χ1n) is 5.03. The lowest BCUT2D eigenvalue weighted by Gasteiger charge is -2.01. The van der Waals surface area contributed by atoms with E-state index in [1.54, 1.807) is 0 Å². The fourth-order valence-electron chi connectivity index (χ4n) is 1.79. The van der Waals surface area contributed by atoms with Crippen LogP contribution in [0, 0.1) is 6.92 Å². The molecule has 0 saturated carbocycles. The van der Waals surface area contributed by atoms with Crippen LogP contribution in [-0.4, -0.2) is 28.7 Å². The van der Waals surface area contributed by atoms with Crippen molar-refractivity contribution >= 4 is 10.9 Å². The molecule has 0 amide bonds. The SMILES string of the molecule is CNCCc1c[nH]c2c(C)ncc(O)c12. The summed E-state index contributed by atoms with van der Waals surface area (Å²) in [6.07, 6.45) is 4.35. The lowest BCUT2D eigenvalue weighted by atomic mass is 10.1. The highest BCUT2D eigenvalue weighted by Gasteiger charge is 2.10. The van der Waals surface area contributed by atoms with Crippen LogP contribution >= 0.6 is 0 Å². The van der Waals surface area contributed by atoms with Gasteiger partial charge >= 0.3 is 0 Å². The predicted octanol–water partition coefficient (Wildman–Crippen LogP) is 1.34. The van der Waals surface area contributed by atoms with Crippen molar-refractivity contribution in [3.8, 4) is 5.75 Å². The zero-order chi connectivity index (χ0) is 10.8. The van der Waals surface area contributed by atoms with Crippen molar-refractivity contribution in [2.75, 3.05) is 13.6 Å². The molecule has 2 rings (SSSR count). The highest BCUT2D eigenvalue weighted by atomic mass is 16.3. The number of aryl methyl sites for hydroxylation is 1. The summed E-state index contributed by atoms with van der Waals surface area (Å²) in [5.74, 6) is 0.253. The zero-order valence-corrected chi connectivity index (χ0v) is 8.96. The maximum absolute atomic E-state index is 9.76. The molecule has 0 atom stereocenters. The molecule has 2 aromatic rings. The Morgan fingerprint density at radius 1 is 1.53 bits per heavy atom. The smallest absolute Gasteiger partial charge is 0.143 e. The molecule has 0 fully saturated rings. The first kappa shape index (κ1) is 9.98. The number of nitrogens with zero attached hydrogens (tertiary/aromatic N) is 1. The van der Waals surface area contributed by atoms with Crippen molar-refractivity contribution in [1.82, 2.24) is 15.3 Å². The third-order valence-corrected chi connectivity index (χ3v) is 2.60. The number of hydrogen-bond donors (Lipinski definition) is 3. The molecule has 4 heteroatoms. The van der Waals surface area contributed by atoms with Crippen LogP contribution in [0.3, 0.4) is 0 Å². The summed E-state index contributed by atoms with van der Waals surface area (Å²) in [4.78, 5) is 7.26. The summed E-state index contributed by atoms with van der Waals surface area (Å²) < 4.78 is 0. The van der Waals surface area contributed by atoms with Gasteiger partial charge in [0.2, 0.25) is 0 Å². The first-order chi connectivity index (χ1) is 7.24. The topological polar surface area (TPSA) is 60.9 Å². The van der Waals surface area contributed by atoms with Crippen LogP contribution in [0.2, 0.25) is 0 Å². The van der Waals surface area contributed by atoms with Gasteiger partial charge in [0, 0.05) is 11.6 Å². The molecule has 0 aliphatic heterocycles. The number of aromatic hydroxyl groups is 1. The van der Waals surface area contributed by atoms with Gasteiger partial charge in [-0.1, -0.05) is 0 Å². The molecule has 4 nitrogen and oxygen atoms in total. The molecule has 2 aromatic heterocycles. The van der Waals surface area contributed by atoms with Gasteiger partial charge in [0.1, 0.15) is 5.75 Å². The Kier molecular flexibility index (Phi) is 2.60. The Morgan fingerprint density at radius 3 is 3.07 bits per heavy atom. The average Bonchev–Trinajstić information content (AvgIpc) is 2.65. The Labute approximate surface area is 88.3 Å². The van der Waals surface area contributed by atoms with Gasteiger partial charge in [-0.3, -0.25) is 4.98 Å². The predicted molar refractivity (Wildman–Crippen MR) is 60.1 cm³/mol. The second kappa shape index (κ2) is 3.90. The molecule has 0 saturated heterocycles. The van der Waals surface area contributed by atoms with E-state index in [1.165, 1.54) is 6.20 Å². The van der Waals surface area contributed by atoms with E-state index in [9.17, 15) is 5.11 Å². The number of H-pyrrole nitrogens is 1. The van der Waals surface area contributed by atoms with E-state index in [1.807, 2.05) is 20.2 Å². The van der Waals surface area contributed by atoms with Crippen LogP contribution in [0.4, 0.5) is 0 Å². The molecule has 80 valence electrons. The minimum absolute atomic E-state index is 0.253. The van der Waals surface area contributed by atoms with Crippen molar-refractivity contribution in [3.05, 3.63) is 23.7 Å². The molecular formula is C11H15N3O. The second-order valence-corrected chi connectivity index (χ2v) is 3.65. The molecule has 0 unspecified atom stereocenters. The van der Waals surface area contributed by atoms with Gasteiger partial charge in [-0.15, -0.1) is 0 Å². The zero-order valence-electron chi connectivity index (χ0n) is 8.96. The average molecular weight is 205 g/mol. The van der Waals surface area contributed by atoms with Crippen molar-refractivity contribution in [3.63, 3.8) is 0 Å².